The Morgan fingerprint density at radius 3 is 2.81 bits per heavy atom. The van der Waals surface area contributed by atoms with Crippen LogP contribution in [0, 0.1) is 17.2 Å². The predicted octanol–water partition coefficient (Wildman–Crippen LogP) is 3.82. The maximum atomic E-state index is 13.2. The minimum absolute atomic E-state index is 0.00620. The fourth-order valence-corrected chi connectivity index (χ4v) is 3.81. The van der Waals surface area contributed by atoms with Gasteiger partial charge in [0.05, 0.1) is 25.5 Å². The van der Waals surface area contributed by atoms with Gasteiger partial charge in [-0.3, -0.25) is 4.68 Å². The maximum Gasteiger partial charge on any atom is 0.260 e. The van der Waals surface area contributed by atoms with Crippen molar-refractivity contribution in [2.24, 2.45) is 5.92 Å². The quantitative estimate of drug-likeness (QED) is 0.592. The zero-order valence-electron chi connectivity index (χ0n) is 17.7. The first-order valence-electron chi connectivity index (χ1n) is 10.6. The minimum Gasteiger partial charge on any atom is -0.472 e. The summed E-state index contributed by atoms with van der Waals surface area (Å²) in [6, 6.07) is 2.88. The summed E-state index contributed by atoms with van der Waals surface area (Å²) < 4.78 is 40.9. The third-order valence-electron chi connectivity index (χ3n) is 5.88. The number of ether oxygens (including phenoxy) is 2. The lowest BCUT2D eigenvalue weighted by Gasteiger charge is -2.17. The van der Waals surface area contributed by atoms with Gasteiger partial charge in [0, 0.05) is 17.5 Å². The summed E-state index contributed by atoms with van der Waals surface area (Å²) in [5.41, 5.74) is 1.52. The van der Waals surface area contributed by atoms with Crippen LogP contribution in [0.25, 0.3) is 11.0 Å². The maximum absolute atomic E-state index is 13.2. The molecule has 1 saturated carbocycles. The minimum atomic E-state index is -2.56. The van der Waals surface area contributed by atoms with Crippen LogP contribution in [-0.4, -0.2) is 50.1 Å². The normalized spacial score (nSPS) is 21.8. The number of hydrogen-bond donors (Lipinski definition) is 1. The number of nitrogens with zero attached hydrogens (tertiary/aromatic N) is 6. The van der Waals surface area contributed by atoms with E-state index in [1.165, 1.54) is 17.8 Å². The van der Waals surface area contributed by atoms with Crippen LogP contribution in [0.15, 0.2) is 18.5 Å². The molecule has 5 rings (SSSR count). The van der Waals surface area contributed by atoms with Crippen molar-refractivity contribution >= 4 is 22.7 Å². The highest BCUT2D eigenvalue weighted by Gasteiger charge is 2.30. The molecule has 3 atom stereocenters. The van der Waals surface area contributed by atoms with Crippen LogP contribution in [0.1, 0.15) is 44.5 Å². The molecule has 32 heavy (non-hydrogen) atoms. The summed E-state index contributed by atoms with van der Waals surface area (Å²) in [6.45, 7) is 4.59. The van der Waals surface area contributed by atoms with E-state index >= 15 is 0 Å². The molecule has 168 valence electrons. The molecule has 1 aliphatic carbocycles. The van der Waals surface area contributed by atoms with Crippen molar-refractivity contribution in [2.45, 2.75) is 51.3 Å². The molecule has 2 fully saturated rings. The number of nitriles is 1. The van der Waals surface area contributed by atoms with E-state index in [2.05, 4.69) is 33.4 Å². The van der Waals surface area contributed by atoms with Gasteiger partial charge in [-0.2, -0.15) is 10.2 Å². The lowest BCUT2D eigenvalue weighted by molar-refractivity contribution is 0.0846. The summed E-state index contributed by atoms with van der Waals surface area (Å²) in [6.07, 6.45) is 2.41. The first-order chi connectivity index (χ1) is 15.4. The number of rotatable bonds is 7. The molecule has 0 aromatic carbocycles. The highest BCUT2D eigenvalue weighted by atomic mass is 19.3. The molecule has 1 aliphatic heterocycles. The molecule has 1 saturated heterocycles. The molecular formula is C21H23F2N7O2. The fourth-order valence-electron chi connectivity index (χ4n) is 3.81. The van der Waals surface area contributed by atoms with Crippen molar-refractivity contribution in [1.29, 1.82) is 5.26 Å². The van der Waals surface area contributed by atoms with E-state index in [0.717, 1.165) is 18.2 Å². The Morgan fingerprint density at radius 1 is 1.34 bits per heavy atom. The van der Waals surface area contributed by atoms with Gasteiger partial charge < -0.3 is 19.4 Å². The molecule has 0 amide bonds. The Morgan fingerprint density at radius 2 is 2.16 bits per heavy atom. The average Bonchev–Trinajstić information content (AvgIpc) is 3.18. The van der Waals surface area contributed by atoms with Crippen LogP contribution in [0.2, 0.25) is 0 Å². The van der Waals surface area contributed by atoms with Gasteiger partial charge in [-0.15, -0.1) is 5.10 Å². The molecule has 4 heterocycles. The van der Waals surface area contributed by atoms with Gasteiger partial charge in [0.2, 0.25) is 5.95 Å². The molecule has 2 aliphatic rings. The molecule has 0 radical (unpaired) electrons. The number of alkyl halides is 2. The van der Waals surface area contributed by atoms with Gasteiger partial charge in [-0.05, 0) is 25.8 Å². The standard InChI is InChI=1S/C21H23F2N7O2/c1-11-9-31-10-17(11)30-14(6-24)5-13-7-25-21(27-19(13)30)26-16-8-29(12(2)18(22)23)28-20(16)32-15-3-4-15/h5,7-8,11-12,15,17-18H,3-4,9-10H2,1-2H3,(H,25,26,27)/t11-,12-,17-/m0/s1. The summed E-state index contributed by atoms with van der Waals surface area (Å²) in [7, 11) is 0. The molecular weight excluding hydrogens is 420 g/mol. The van der Waals surface area contributed by atoms with Crippen LogP contribution in [0.4, 0.5) is 20.4 Å². The topological polar surface area (TPSA) is 103 Å². The number of hydrogen-bond acceptors (Lipinski definition) is 7. The monoisotopic (exact) mass is 443 g/mol. The van der Waals surface area contributed by atoms with Crippen LogP contribution in [-0.2, 0) is 4.74 Å². The third kappa shape index (κ3) is 3.75. The molecule has 3 aromatic rings. The van der Waals surface area contributed by atoms with E-state index in [9.17, 15) is 14.0 Å². The fraction of sp³-hybridized carbons (Fsp3) is 0.524. The molecule has 0 unspecified atom stereocenters. The highest BCUT2D eigenvalue weighted by molar-refractivity contribution is 5.79. The summed E-state index contributed by atoms with van der Waals surface area (Å²) >= 11 is 0. The molecule has 1 N–H and O–H groups in total. The molecule has 0 spiro atoms. The lowest BCUT2D eigenvalue weighted by atomic mass is 10.1. The Balaban J connectivity index is 1.51. The van der Waals surface area contributed by atoms with Crippen molar-refractivity contribution in [2.75, 3.05) is 18.5 Å². The smallest absolute Gasteiger partial charge is 0.260 e. The largest absolute Gasteiger partial charge is 0.472 e. The van der Waals surface area contributed by atoms with Crippen molar-refractivity contribution in [1.82, 2.24) is 24.3 Å². The van der Waals surface area contributed by atoms with E-state index < -0.39 is 12.5 Å². The van der Waals surface area contributed by atoms with E-state index in [-0.39, 0.29) is 29.9 Å². The first kappa shape index (κ1) is 20.6. The molecule has 11 heteroatoms. The van der Waals surface area contributed by atoms with Crippen LogP contribution < -0.4 is 10.1 Å². The van der Waals surface area contributed by atoms with Gasteiger partial charge in [0.25, 0.3) is 12.3 Å². The lowest BCUT2D eigenvalue weighted by Crippen LogP contribution is -2.17. The average molecular weight is 443 g/mol. The Labute approximate surface area is 183 Å². The van der Waals surface area contributed by atoms with Crippen LogP contribution in [0.3, 0.4) is 0 Å². The number of anilines is 2. The zero-order chi connectivity index (χ0) is 22.4. The second kappa shape index (κ2) is 8.02. The molecule has 0 bridgehead atoms. The Bertz CT molecular complexity index is 1180. The molecule has 3 aromatic heterocycles. The van der Waals surface area contributed by atoms with E-state index in [1.807, 2.05) is 4.57 Å². The van der Waals surface area contributed by atoms with E-state index in [1.54, 1.807) is 12.3 Å². The van der Waals surface area contributed by atoms with Gasteiger partial charge in [0.15, 0.2) is 0 Å². The first-order valence-corrected chi connectivity index (χ1v) is 10.6. The van der Waals surface area contributed by atoms with Crippen LogP contribution in [0.5, 0.6) is 5.88 Å². The van der Waals surface area contributed by atoms with Crippen LogP contribution >= 0.6 is 0 Å². The summed E-state index contributed by atoms with van der Waals surface area (Å²) in [5, 5.41) is 17.6. The Kier molecular flexibility index (Phi) is 5.17. The molecule has 9 nitrogen and oxygen atoms in total. The number of halogens is 2. The van der Waals surface area contributed by atoms with Crippen molar-refractivity contribution in [3.05, 3.63) is 24.2 Å². The van der Waals surface area contributed by atoms with E-state index in [4.69, 9.17) is 9.47 Å². The third-order valence-corrected chi connectivity index (χ3v) is 5.88. The second-order valence-corrected chi connectivity index (χ2v) is 8.41. The van der Waals surface area contributed by atoms with Crippen molar-refractivity contribution < 1.29 is 18.3 Å². The summed E-state index contributed by atoms with van der Waals surface area (Å²) in [5.74, 6) is 0.740. The van der Waals surface area contributed by atoms with Gasteiger partial charge in [0.1, 0.15) is 35.2 Å². The number of fused-ring (bicyclic) bond motifs is 1. The second-order valence-electron chi connectivity index (χ2n) is 8.41. The number of nitrogens with one attached hydrogen (secondary N) is 1. The van der Waals surface area contributed by atoms with Gasteiger partial charge in [-0.25, -0.2) is 13.8 Å². The SMILES string of the molecule is C[C@H]1COC[C@@H]1n1c(C#N)cc2cnc(Nc3cn([C@@H](C)C(F)F)nc3OC3CC3)nc21. The zero-order valence-corrected chi connectivity index (χ0v) is 17.7. The highest BCUT2D eigenvalue weighted by Crippen LogP contribution is 2.35. The van der Waals surface area contributed by atoms with E-state index in [0.29, 0.717) is 30.2 Å². The van der Waals surface area contributed by atoms with Crippen molar-refractivity contribution in [3.63, 3.8) is 0 Å². The summed E-state index contributed by atoms with van der Waals surface area (Å²) in [4.78, 5) is 8.98. The number of aromatic nitrogens is 5. The van der Waals surface area contributed by atoms with Gasteiger partial charge in [-0.1, -0.05) is 6.92 Å². The Hall–Kier alpha value is -3.26. The van der Waals surface area contributed by atoms with Gasteiger partial charge >= 0.3 is 0 Å². The van der Waals surface area contributed by atoms with Crippen molar-refractivity contribution in [3.8, 4) is 11.9 Å². The predicted molar refractivity (Wildman–Crippen MR) is 111 cm³/mol.